The maximum Gasteiger partial charge on any atom is 0.387 e. The highest BCUT2D eigenvalue weighted by molar-refractivity contribution is 5.45. The Morgan fingerprint density at radius 1 is 1.50 bits per heavy atom. The van der Waals surface area contributed by atoms with Gasteiger partial charge in [-0.2, -0.15) is 14.0 Å². The average molecular weight is 199 g/mol. The fraction of sp³-hybridized carbons (Fsp3) is 0.222. The molecule has 0 heterocycles. The predicted molar refractivity (Wildman–Crippen MR) is 43.7 cm³/mol. The molecule has 0 spiro atoms. The first-order valence-corrected chi connectivity index (χ1v) is 3.76. The van der Waals surface area contributed by atoms with Crippen LogP contribution in [0.1, 0.15) is 11.1 Å². The average Bonchev–Trinajstić information content (AvgIpc) is 2.17. The summed E-state index contributed by atoms with van der Waals surface area (Å²) in [6, 6.07) is 5.66. The van der Waals surface area contributed by atoms with Crippen LogP contribution in [0.15, 0.2) is 18.2 Å². The Labute approximate surface area is 79.2 Å². The smallest absolute Gasteiger partial charge is 0.387 e. The second kappa shape index (κ2) is 4.53. The molecule has 0 aromatic heterocycles. The molecule has 1 aromatic rings. The number of ether oxygens (including phenoxy) is 1. The van der Waals surface area contributed by atoms with Crippen LogP contribution in [-0.2, 0) is 6.61 Å². The number of benzene rings is 1. The minimum absolute atomic E-state index is 0.0168. The molecule has 5 heteroatoms. The number of hydrogen-bond acceptors (Lipinski definition) is 3. The van der Waals surface area contributed by atoms with Gasteiger partial charge >= 0.3 is 6.61 Å². The van der Waals surface area contributed by atoms with Crippen molar-refractivity contribution >= 4 is 0 Å². The molecular formula is C9H7F2NO2. The van der Waals surface area contributed by atoms with E-state index in [1.807, 2.05) is 0 Å². The highest BCUT2D eigenvalue weighted by Crippen LogP contribution is 2.21. The fourth-order valence-electron chi connectivity index (χ4n) is 0.962. The zero-order valence-corrected chi connectivity index (χ0v) is 7.08. The summed E-state index contributed by atoms with van der Waals surface area (Å²) in [5.41, 5.74) is 0.458. The molecule has 14 heavy (non-hydrogen) atoms. The van der Waals surface area contributed by atoms with E-state index in [4.69, 9.17) is 10.4 Å². The second-order valence-electron chi connectivity index (χ2n) is 2.48. The van der Waals surface area contributed by atoms with Crippen molar-refractivity contribution in [2.45, 2.75) is 13.2 Å². The molecule has 0 atom stereocenters. The van der Waals surface area contributed by atoms with Crippen molar-refractivity contribution < 1.29 is 18.6 Å². The van der Waals surface area contributed by atoms with Gasteiger partial charge in [0.15, 0.2) is 0 Å². The highest BCUT2D eigenvalue weighted by Gasteiger charge is 2.09. The lowest BCUT2D eigenvalue weighted by Gasteiger charge is -2.06. The van der Waals surface area contributed by atoms with Crippen LogP contribution in [0.5, 0.6) is 5.75 Å². The summed E-state index contributed by atoms with van der Waals surface area (Å²) in [5, 5.41) is 17.3. The topological polar surface area (TPSA) is 53.2 Å². The molecule has 0 bridgehead atoms. The molecule has 0 aliphatic rings. The lowest BCUT2D eigenvalue weighted by molar-refractivity contribution is -0.0500. The van der Waals surface area contributed by atoms with E-state index in [1.165, 1.54) is 18.2 Å². The van der Waals surface area contributed by atoms with Crippen molar-refractivity contribution in [1.29, 1.82) is 5.26 Å². The van der Waals surface area contributed by atoms with Gasteiger partial charge in [-0.3, -0.25) is 0 Å². The van der Waals surface area contributed by atoms with E-state index >= 15 is 0 Å². The van der Waals surface area contributed by atoms with Gasteiger partial charge in [0, 0.05) is 0 Å². The summed E-state index contributed by atoms with van der Waals surface area (Å²) in [4.78, 5) is 0. The van der Waals surface area contributed by atoms with Gasteiger partial charge < -0.3 is 9.84 Å². The van der Waals surface area contributed by atoms with Crippen LogP contribution >= 0.6 is 0 Å². The van der Waals surface area contributed by atoms with Gasteiger partial charge in [0.25, 0.3) is 0 Å². The van der Waals surface area contributed by atoms with E-state index in [2.05, 4.69) is 4.74 Å². The SMILES string of the molecule is N#Cc1cc(CO)ccc1OC(F)F. The quantitative estimate of drug-likeness (QED) is 0.805. The maximum absolute atomic E-state index is 11.8. The van der Waals surface area contributed by atoms with Crippen LogP contribution in [0.4, 0.5) is 8.78 Å². The van der Waals surface area contributed by atoms with Gasteiger partial charge in [0.2, 0.25) is 0 Å². The van der Waals surface area contributed by atoms with Crippen molar-refractivity contribution in [3.05, 3.63) is 29.3 Å². The minimum atomic E-state index is -2.96. The summed E-state index contributed by atoms with van der Waals surface area (Å²) >= 11 is 0. The van der Waals surface area contributed by atoms with Crippen molar-refractivity contribution in [3.63, 3.8) is 0 Å². The first-order chi connectivity index (χ1) is 6.67. The Morgan fingerprint density at radius 3 is 2.71 bits per heavy atom. The zero-order valence-electron chi connectivity index (χ0n) is 7.08. The molecule has 74 valence electrons. The second-order valence-corrected chi connectivity index (χ2v) is 2.48. The van der Waals surface area contributed by atoms with E-state index < -0.39 is 6.61 Å². The molecule has 1 aromatic carbocycles. The molecule has 0 saturated carbocycles. The molecule has 0 amide bonds. The van der Waals surface area contributed by atoms with Crippen LogP contribution in [0.3, 0.4) is 0 Å². The Balaban J connectivity index is 3.01. The number of nitriles is 1. The minimum Gasteiger partial charge on any atom is -0.433 e. The van der Waals surface area contributed by atoms with Gasteiger partial charge in [-0.15, -0.1) is 0 Å². The summed E-state index contributed by atoms with van der Waals surface area (Å²) in [7, 11) is 0. The van der Waals surface area contributed by atoms with E-state index in [-0.39, 0.29) is 17.9 Å². The molecule has 0 saturated heterocycles. The normalized spacial score (nSPS) is 9.93. The van der Waals surface area contributed by atoms with Gasteiger partial charge in [0.05, 0.1) is 12.2 Å². The van der Waals surface area contributed by atoms with E-state index in [9.17, 15) is 8.78 Å². The summed E-state index contributed by atoms with van der Waals surface area (Å²) < 4.78 is 27.8. The Kier molecular flexibility index (Phi) is 3.37. The lowest BCUT2D eigenvalue weighted by Crippen LogP contribution is -2.03. The molecule has 1 N–H and O–H groups in total. The van der Waals surface area contributed by atoms with Crippen LogP contribution in [0.2, 0.25) is 0 Å². The Bertz CT molecular complexity index is 360. The third kappa shape index (κ3) is 2.41. The van der Waals surface area contributed by atoms with Gasteiger partial charge in [-0.05, 0) is 17.7 Å². The summed E-state index contributed by atoms with van der Waals surface area (Å²) in [6.07, 6.45) is 0. The van der Waals surface area contributed by atoms with Crippen molar-refractivity contribution in [2.24, 2.45) is 0 Å². The standard InChI is InChI=1S/C9H7F2NO2/c10-9(11)14-8-2-1-6(5-13)3-7(8)4-12/h1-3,9,13H,5H2. The van der Waals surface area contributed by atoms with Crippen LogP contribution < -0.4 is 4.74 Å². The summed E-state index contributed by atoms with van der Waals surface area (Å²) in [5.74, 6) is -0.181. The first-order valence-electron chi connectivity index (χ1n) is 3.76. The van der Waals surface area contributed by atoms with Crippen molar-refractivity contribution in [2.75, 3.05) is 0 Å². The maximum atomic E-state index is 11.8. The third-order valence-corrected chi connectivity index (χ3v) is 1.56. The third-order valence-electron chi connectivity index (χ3n) is 1.56. The largest absolute Gasteiger partial charge is 0.433 e. The number of nitrogens with zero attached hydrogens (tertiary/aromatic N) is 1. The Hall–Kier alpha value is -1.67. The van der Waals surface area contributed by atoms with Crippen molar-refractivity contribution in [1.82, 2.24) is 0 Å². The van der Waals surface area contributed by atoms with Gasteiger partial charge in [0.1, 0.15) is 11.8 Å². The molecule has 0 aliphatic carbocycles. The first kappa shape index (κ1) is 10.4. The van der Waals surface area contributed by atoms with Crippen LogP contribution in [0.25, 0.3) is 0 Å². The van der Waals surface area contributed by atoms with Crippen LogP contribution in [-0.4, -0.2) is 11.7 Å². The molecule has 0 unspecified atom stereocenters. The van der Waals surface area contributed by atoms with Gasteiger partial charge in [-0.25, -0.2) is 0 Å². The zero-order chi connectivity index (χ0) is 10.6. The molecule has 1 rings (SSSR count). The van der Waals surface area contributed by atoms with E-state index in [0.29, 0.717) is 5.56 Å². The van der Waals surface area contributed by atoms with Crippen LogP contribution in [0, 0.1) is 11.3 Å². The van der Waals surface area contributed by atoms with E-state index in [0.717, 1.165) is 0 Å². The molecule has 0 aliphatic heterocycles. The van der Waals surface area contributed by atoms with Crippen molar-refractivity contribution in [3.8, 4) is 11.8 Å². The fourth-order valence-corrected chi connectivity index (χ4v) is 0.962. The molecule has 3 nitrogen and oxygen atoms in total. The Morgan fingerprint density at radius 2 is 2.21 bits per heavy atom. The number of halogens is 2. The van der Waals surface area contributed by atoms with E-state index in [1.54, 1.807) is 6.07 Å². The molecule has 0 fully saturated rings. The number of rotatable bonds is 3. The molecule has 0 radical (unpaired) electrons. The monoisotopic (exact) mass is 199 g/mol. The number of hydrogen-bond donors (Lipinski definition) is 1. The number of aliphatic hydroxyl groups excluding tert-OH is 1. The summed E-state index contributed by atoms with van der Waals surface area (Å²) in [6.45, 7) is -3.20. The highest BCUT2D eigenvalue weighted by atomic mass is 19.3. The lowest BCUT2D eigenvalue weighted by atomic mass is 10.1. The van der Waals surface area contributed by atoms with Gasteiger partial charge in [-0.1, -0.05) is 6.07 Å². The molecular weight excluding hydrogens is 192 g/mol. The number of aliphatic hydroxyl groups is 1. The number of alkyl halides is 2. The predicted octanol–water partition coefficient (Wildman–Crippen LogP) is 1.65.